The fourth-order valence-electron chi connectivity index (χ4n) is 1.94. The first kappa shape index (κ1) is 17.2. The van der Waals surface area contributed by atoms with Crippen molar-refractivity contribution < 1.29 is 19.1 Å². The van der Waals surface area contributed by atoms with Crippen molar-refractivity contribution in [2.45, 2.75) is 6.10 Å². The van der Waals surface area contributed by atoms with E-state index in [0.29, 0.717) is 0 Å². The summed E-state index contributed by atoms with van der Waals surface area (Å²) in [7, 11) is 1.25. The van der Waals surface area contributed by atoms with Gasteiger partial charge in [-0.15, -0.1) is 0 Å². The molecule has 0 saturated carbocycles. The molecule has 0 spiro atoms. The van der Waals surface area contributed by atoms with Gasteiger partial charge in [-0.3, -0.25) is 0 Å². The zero-order valence-corrected chi connectivity index (χ0v) is 13.3. The molecule has 122 valence electrons. The van der Waals surface area contributed by atoms with E-state index in [-0.39, 0.29) is 0 Å². The van der Waals surface area contributed by atoms with E-state index >= 15 is 0 Å². The monoisotopic (exact) mass is 322 g/mol. The normalized spacial score (nSPS) is 12.2. The molecule has 2 aromatic rings. The SMILES string of the molecule is COC(=O)[C@@H](/C=C/c1ccccc1)OC(=O)/C=C/c1ccccc1. The van der Waals surface area contributed by atoms with Crippen molar-refractivity contribution in [1.29, 1.82) is 0 Å². The molecule has 0 radical (unpaired) electrons. The molecule has 0 fully saturated rings. The van der Waals surface area contributed by atoms with Crippen LogP contribution in [0.4, 0.5) is 0 Å². The van der Waals surface area contributed by atoms with Crippen LogP contribution in [0.5, 0.6) is 0 Å². The Morgan fingerprint density at radius 2 is 1.42 bits per heavy atom. The molecule has 4 heteroatoms. The molecule has 0 amide bonds. The molecule has 0 saturated heterocycles. The molecule has 0 aliphatic heterocycles. The van der Waals surface area contributed by atoms with Crippen molar-refractivity contribution in [1.82, 2.24) is 0 Å². The van der Waals surface area contributed by atoms with Gasteiger partial charge in [0.25, 0.3) is 0 Å². The molecule has 2 rings (SSSR count). The van der Waals surface area contributed by atoms with Gasteiger partial charge in [-0.25, -0.2) is 9.59 Å². The Labute approximate surface area is 141 Å². The molecule has 0 N–H and O–H groups in total. The Kier molecular flexibility index (Phi) is 6.53. The van der Waals surface area contributed by atoms with E-state index in [9.17, 15) is 9.59 Å². The third kappa shape index (κ3) is 5.57. The highest BCUT2D eigenvalue weighted by Crippen LogP contribution is 2.07. The minimum Gasteiger partial charge on any atom is -0.466 e. The number of esters is 2. The lowest BCUT2D eigenvalue weighted by Gasteiger charge is -2.10. The first-order valence-electron chi connectivity index (χ1n) is 7.44. The van der Waals surface area contributed by atoms with Crippen molar-refractivity contribution in [3.05, 3.63) is 83.9 Å². The molecule has 2 aromatic carbocycles. The Morgan fingerprint density at radius 3 is 1.96 bits per heavy atom. The highest BCUT2D eigenvalue weighted by Gasteiger charge is 2.19. The maximum atomic E-state index is 11.9. The maximum Gasteiger partial charge on any atom is 0.351 e. The summed E-state index contributed by atoms with van der Waals surface area (Å²) >= 11 is 0. The first-order chi connectivity index (χ1) is 11.7. The molecule has 0 aromatic heterocycles. The van der Waals surface area contributed by atoms with Gasteiger partial charge in [-0.2, -0.15) is 0 Å². The van der Waals surface area contributed by atoms with E-state index in [2.05, 4.69) is 4.74 Å². The lowest BCUT2D eigenvalue weighted by Crippen LogP contribution is -2.25. The van der Waals surface area contributed by atoms with Gasteiger partial charge in [0, 0.05) is 6.08 Å². The van der Waals surface area contributed by atoms with Crippen LogP contribution in [0.3, 0.4) is 0 Å². The number of benzene rings is 2. The number of carbonyl (C=O) groups excluding carboxylic acids is 2. The Hall–Kier alpha value is -3.14. The quantitative estimate of drug-likeness (QED) is 0.603. The van der Waals surface area contributed by atoms with Crippen LogP contribution in [-0.4, -0.2) is 25.2 Å². The molecule has 0 aliphatic rings. The van der Waals surface area contributed by atoms with E-state index in [1.54, 1.807) is 12.2 Å². The van der Waals surface area contributed by atoms with E-state index in [1.807, 2.05) is 60.7 Å². The summed E-state index contributed by atoms with van der Waals surface area (Å²) in [5.41, 5.74) is 1.76. The second-order valence-electron chi connectivity index (χ2n) is 4.89. The second-order valence-corrected chi connectivity index (χ2v) is 4.89. The van der Waals surface area contributed by atoms with Crippen LogP contribution < -0.4 is 0 Å². The summed E-state index contributed by atoms with van der Waals surface area (Å²) in [5, 5.41) is 0. The minimum atomic E-state index is -1.09. The number of rotatable bonds is 6. The molecule has 0 unspecified atom stereocenters. The average Bonchev–Trinajstić information content (AvgIpc) is 2.64. The number of ether oxygens (including phenoxy) is 2. The summed E-state index contributed by atoms with van der Waals surface area (Å²) in [6, 6.07) is 18.7. The van der Waals surface area contributed by atoms with Crippen LogP contribution in [0.15, 0.2) is 72.8 Å². The zero-order valence-electron chi connectivity index (χ0n) is 13.3. The van der Waals surface area contributed by atoms with Gasteiger partial charge in [0.1, 0.15) is 0 Å². The van der Waals surface area contributed by atoms with Crippen molar-refractivity contribution in [3.63, 3.8) is 0 Å². The molecular formula is C20H18O4. The standard InChI is InChI=1S/C20H18O4/c1-23-20(22)18(14-12-16-8-4-2-5-9-16)24-19(21)15-13-17-10-6-3-7-11-17/h2-15,18H,1H3/b14-12+,15-13+/t18-/m1/s1. The number of methoxy groups -OCH3 is 1. The summed E-state index contributed by atoms with van der Waals surface area (Å²) < 4.78 is 9.83. The van der Waals surface area contributed by atoms with Gasteiger partial charge in [-0.1, -0.05) is 66.7 Å². The lowest BCUT2D eigenvalue weighted by atomic mass is 10.2. The van der Waals surface area contributed by atoms with Gasteiger partial charge in [0.05, 0.1) is 7.11 Å². The first-order valence-corrected chi connectivity index (χ1v) is 7.44. The fraction of sp³-hybridized carbons (Fsp3) is 0.100. The Balaban J connectivity index is 2.03. The van der Waals surface area contributed by atoms with E-state index in [1.165, 1.54) is 19.3 Å². The smallest absolute Gasteiger partial charge is 0.351 e. The van der Waals surface area contributed by atoms with E-state index in [4.69, 9.17) is 4.74 Å². The molecule has 24 heavy (non-hydrogen) atoms. The summed E-state index contributed by atoms with van der Waals surface area (Å²) in [4.78, 5) is 23.7. The van der Waals surface area contributed by atoms with Gasteiger partial charge >= 0.3 is 11.9 Å². The summed E-state index contributed by atoms with van der Waals surface area (Å²) in [6.07, 6.45) is 5.01. The summed E-state index contributed by atoms with van der Waals surface area (Å²) in [5.74, 6) is -1.25. The molecule has 0 aliphatic carbocycles. The van der Waals surface area contributed by atoms with Crippen LogP contribution in [-0.2, 0) is 19.1 Å². The molecule has 4 nitrogen and oxygen atoms in total. The molecule has 0 heterocycles. The Bertz CT molecular complexity index is 718. The topological polar surface area (TPSA) is 52.6 Å². The predicted octanol–water partition coefficient (Wildman–Crippen LogP) is 3.50. The fourth-order valence-corrected chi connectivity index (χ4v) is 1.94. The van der Waals surface area contributed by atoms with Crippen LogP contribution >= 0.6 is 0 Å². The third-order valence-corrected chi connectivity index (χ3v) is 3.15. The van der Waals surface area contributed by atoms with Crippen molar-refractivity contribution >= 4 is 24.1 Å². The van der Waals surface area contributed by atoms with Gasteiger partial charge in [0.2, 0.25) is 6.10 Å². The summed E-state index contributed by atoms with van der Waals surface area (Å²) in [6.45, 7) is 0. The van der Waals surface area contributed by atoms with E-state index < -0.39 is 18.0 Å². The molecule has 1 atom stereocenters. The van der Waals surface area contributed by atoms with Crippen LogP contribution in [0.25, 0.3) is 12.2 Å². The molecule has 0 bridgehead atoms. The van der Waals surface area contributed by atoms with Crippen molar-refractivity contribution in [2.24, 2.45) is 0 Å². The van der Waals surface area contributed by atoms with Gasteiger partial charge in [0.15, 0.2) is 0 Å². The van der Waals surface area contributed by atoms with Gasteiger partial charge in [-0.05, 0) is 23.3 Å². The Morgan fingerprint density at radius 1 is 0.875 bits per heavy atom. The lowest BCUT2D eigenvalue weighted by molar-refractivity contribution is -0.159. The predicted molar refractivity (Wildman–Crippen MR) is 92.8 cm³/mol. The van der Waals surface area contributed by atoms with Crippen molar-refractivity contribution in [2.75, 3.05) is 7.11 Å². The third-order valence-electron chi connectivity index (χ3n) is 3.15. The van der Waals surface area contributed by atoms with Crippen LogP contribution in [0.1, 0.15) is 11.1 Å². The highest BCUT2D eigenvalue weighted by atomic mass is 16.6. The average molecular weight is 322 g/mol. The highest BCUT2D eigenvalue weighted by molar-refractivity contribution is 5.90. The second kappa shape index (κ2) is 9.10. The number of hydrogen-bond donors (Lipinski definition) is 0. The van der Waals surface area contributed by atoms with Crippen molar-refractivity contribution in [3.8, 4) is 0 Å². The molecular weight excluding hydrogens is 304 g/mol. The number of hydrogen-bond acceptors (Lipinski definition) is 4. The minimum absolute atomic E-state index is 0.619. The largest absolute Gasteiger partial charge is 0.466 e. The maximum absolute atomic E-state index is 11.9. The zero-order chi connectivity index (χ0) is 17.2. The van der Waals surface area contributed by atoms with E-state index in [0.717, 1.165) is 11.1 Å². The van der Waals surface area contributed by atoms with Gasteiger partial charge < -0.3 is 9.47 Å². The van der Waals surface area contributed by atoms with Crippen LogP contribution in [0, 0.1) is 0 Å². The number of carbonyl (C=O) groups is 2. The van der Waals surface area contributed by atoms with Crippen LogP contribution in [0.2, 0.25) is 0 Å².